The summed E-state index contributed by atoms with van der Waals surface area (Å²) < 4.78 is 6.53. The van der Waals surface area contributed by atoms with Crippen LogP contribution in [-0.2, 0) is 4.79 Å². The van der Waals surface area contributed by atoms with Crippen LogP contribution in [0.4, 0.5) is 0 Å². The molecular weight excluding hydrogens is 402 g/mol. The standard InChI is InChI=1S/C26H27N3O3/c1-2-29-16-14-26(13-12-23(29)30)17-21(19-9-3-4-11-22(19)32-26)28-25(31)20-10-5-7-18-8-6-15-27-24(18)20/h3-11,15,21H,2,12-14,16-17H2,1H3,(H,28,31)/t21-,26-/m1/s1. The molecule has 6 nitrogen and oxygen atoms in total. The number of carbonyl (C=O) groups is 2. The molecule has 5 rings (SSSR count). The van der Waals surface area contributed by atoms with Crippen LogP contribution in [0.15, 0.2) is 60.8 Å². The van der Waals surface area contributed by atoms with Crippen LogP contribution in [0, 0.1) is 0 Å². The van der Waals surface area contributed by atoms with Crippen molar-refractivity contribution in [2.75, 3.05) is 13.1 Å². The molecule has 1 fully saturated rings. The van der Waals surface area contributed by atoms with Crippen LogP contribution >= 0.6 is 0 Å². The molecule has 1 N–H and O–H groups in total. The van der Waals surface area contributed by atoms with Crippen molar-refractivity contribution in [3.8, 4) is 5.75 Å². The van der Waals surface area contributed by atoms with E-state index in [9.17, 15) is 9.59 Å². The number of pyridine rings is 1. The van der Waals surface area contributed by atoms with Crippen LogP contribution in [0.1, 0.15) is 54.6 Å². The second-order valence-electron chi connectivity index (χ2n) is 8.66. The van der Waals surface area contributed by atoms with E-state index in [4.69, 9.17) is 4.74 Å². The number of ether oxygens (including phenoxy) is 1. The van der Waals surface area contributed by atoms with Gasteiger partial charge in [0, 0.05) is 49.5 Å². The van der Waals surface area contributed by atoms with Crippen molar-refractivity contribution in [3.63, 3.8) is 0 Å². The summed E-state index contributed by atoms with van der Waals surface area (Å²) in [5, 5.41) is 4.19. The van der Waals surface area contributed by atoms with Gasteiger partial charge in [-0.3, -0.25) is 14.6 Å². The van der Waals surface area contributed by atoms with Gasteiger partial charge in [-0.2, -0.15) is 0 Å². The first-order valence-electron chi connectivity index (χ1n) is 11.3. The van der Waals surface area contributed by atoms with Crippen LogP contribution in [0.25, 0.3) is 10.9 Å². The smallest absolute Gasteiger partial charge is 0.253 e. The van der Waals surface area contributed by atoms with Crippen molar-refractivity contribution in [1.29, 1.82) is 0 Å². The Morgan fingerprint density at radius 2 is 2.00 bits per heavy atom. The number of likely N-dealkylation sites (tertiary alicyclic amines) is 1. The average molecular weight is 430 g/mol. The highest BCUT2D eigenvalue weighted by atomic mass is 16.5. The number of rotatable bonds is 3. The van der Waals surface area contributed by atoms with E-state index in [2.05, 4.69) is 10.3 Å². The Bertz CT molecular complexity index is 1170. The fourth-order valence-corrected chi connectivity index (χ4v) is 4.99. The number of nitrogens with zero attached hydrogens (tertiary/aromatic N) is 2. The molecule has 2 aliphatic heterocycles. The lowest BCUT2D eigenvalue weighted by molar-refractivity contribution is -0.130. The Morgan fingerprint density at radius 3 is 2.88 bits per heavy atom. The number of amides is 2. The molecule has 1 aromatic heterocycles. The zero-order valence-corrected chi connectivity index (χ0v) is 18.2. The third kappa shape index (κ3) is 3.70. The van der Waals surface area contributed by atoms with E-state index in [1.165, 1.54) is 0 Å². The summed E-state index contributed by atoms with van der Waals surface area (Å²) in [5.41, 5.74) is 1.77. The largest absolute Gasteiger partial charge is 0.487 e. The van der Waals surface area contributed by atoms with E-state index in [-0.39, 0.29) is 17.9 Å². The fraction of sp³-hybridized carbons (Fsp3) is 0.346. The van der Waals surface area contributed by atoms with E-state index >= 15 is 0 Å². The highest BCUT2D eigenvalue weighted by Gasteiger charge is 2.43. The molecule has 2 amide bonds. The maximum atomic E-state index is 13.4. The van der Waals surface area contributed by atoms with Crippen molar-refractivity contribution in [3.05, 3.63) is 71.9 Å². The van der Waals surface area contributed by atoms with Crippen LogP contribution in [0.5, 0.6) is 5.75 Å². The number of carbonyl (C=O) groups excluding carboxylic acids is 2. The maximum Gasteiger partial charge on any atom is 0.253 e. The molecule has 0 saturated carbocycles. The SMILES string of the molecule is CCN1CC[C@]2(CCC1=O)C[C@@H](NC(=O)c1cccc3cccnc13)c1ccccc1O2. The van der Waals surface area contributed by atoms with E-state index in [1.54, 1.807) is 6.20 Å². The van der Waals surface area contributed by atoms with Gasteiger partial charge in [-0.25, -0.2) is 0 Å². The normalized spacial score (nSPS) is 22.8. The molecule has 0 bridgehead atoms. The number of aromatic nitrogens is 1. The highest BCUT2D eigenvalue weighted by molar-refractivity contribution is 6.05. The summed E-state index contributed by atoms with van der Waals surface area (Å²) in [5.74, 6) is 0.817. The molecule has 32 heavy (non-hydrogen) atoms. The lowest BCUT2D eigenvalue weighted by Gasteiger charge is -2.42. The maximum absolute atomic E-state index is 13.4. The first-order chi connectivity index (χ1) is 15.6. The molecule has 2 aliphatic rings. The van der Waals surface area contributed by atoms with Gasteiger partial charge in [-0.1, -0.05) is 36.4 Å². The van der Waals surface area contributed by atoms with Gasteiger partial charge in [-0.15, -0.1) is 0 Å². The summed E-state index contributed by atoms with van der Waals surface area (Å²) in [7, 11) is 0. The molecule has 164 valence electrons. The summed E-state index contributed by atoms with van der Waals surface area (Å²) in [4.78, 5) is 32.2. The first kappa shape index (κ1) is 20.5. The van der Waals surface area contributed by atoms with Crippen molar-refractivity contribution >= 4 is 22.7 Å². The monoisotopic (exact) mass is 429 g/mol. The Balaban J connectivity index is 1.46. The Labute approximate surface area is 187 Å². The van der Waals surface area contributed by atoms with Crippen LogP contribution in [0.2, 0.25) is 0 Å². The van der Waals surface area contributed by atoms with E-state index in [0.29, 0.717) is 43.4 Å². The zero-order valence-electron chi connectivity index (χ0n) is 18.2. The van der Waals surface area contributed by atoms with E-state index in [0.717, 1.165) is 23.1 Å². The zero-order chi connectivity index (χ0) is 22.1. The summed E-state index contributed by atoms with van der Waals surface area (Å²) in [6.45, 7) is 3.39. The van der Waals surface area contributed by atoms with E-state index in [1.807, 2.05) is 66.4 Å². The molecule has 3 aromatic rings. The van der Waals surface area contributed by atoms with Crippen LogP contribution < -0.4 is 10.1 Å². The number of para-hydroxylation sites is 2. The summed E-state index contributed by atoms with van der Waals surface area (Å²) in [6.07, 6.45) is 4.21. The van der Waals surface area contributed by atoms with Gasteiger partial charge in [0.15, 0.2) is 0 Å². The second kappa shape index (κ2) is 8.26. The van der Waals surface area contributed by atoms with Crippen LogP contribution in [-0.4, -0.2) is 40.4 Å². The number of fused-ring (bicyclic) bond motifs is 2. The average Bonchev–Trinajstić information content (AvgIpc) is 2.97. The predicted molar refractivity (Wildman–Crippen MR) is 122 cm³/mol. The third-order valence-electron chi connectivity index (χ3n) is 6.75. The molecule has 0 unspecified atom stereocenters. The van der Waals surface area contributed by atoms with Crippen molar-refractivity contribution < 1.29 is 14.3 Å². The molecule has 1 spiro atoms. The number of benzene rings is 2. The molecular formula is C26H27N3O3. The highest BCUT2D eigenvalue weighted by Crippen LogP contribution is 2.44. The summed E-state index contributed by atoms with van der Waals surface area (Å²) >= 11 is 0. The Kier molecular flexibility index (Phi) is 5.29. The lowest BCUT2D eigenvalue weighted by atomic mass is 9.82. The number of hydrogen-bond donors (Lipinski definition) is 1. The van der Waals surface area contributed by atoms with Gasteiger partial charge in [0.1, 0.15) is 11.4 Å². The molecule has 0 aliphatic carbocycles. The van der Waals surface area contributed by atoms with Gasteiger partial charge < -0.3 is 15.0 Å². The quantitative estimate of drug-likeness (QED) is 0.675. The third-order valence-corrected chi connectivity index (χ3v) is 6.75. The fourth-order valence-electron chi connectivity index (χ4n) is 4.99. The van der Waals surface area contributed by atoms with Gasteiger partial charge in [0.05, 0.1) is 17.1 Å². The van der Waals surface area contributed by atoms with Crippen LogP contribution in [0.3, 0.4) is 0 Å². The van der Waals surface area contributed by atoms with E-state index < -0.39 is 5.60 Å². The lowest BCUT2D eigenvalue weighted by Crippen LogP contribution is -2.46. The first-order valence-corrected chi connectivity index (χ1v) is 11.3. The topological polar surface area (TPSA) is 71.5 Å². The molecule has 0 radical (unpaired) electrons. The second-order valence-corrected chi connectivity index (χ2v) is 8.66. The minimum Gasteiger partial charge on any atom is -0.487 e. The molecule has 6 heteroatoms. The van der Waals surface area contributed by atoms with Gasteiger partial charge >= 0.3 is 0 Å². The molecule has 2 aromatic carbocycles. The minimum atomic E-state index is -0.469. The van der Waals surface area contributed by atoms with Gasteiger partial charge in [0.2, 0.25) is 5.91 Å². The molecule has 3 heterocycles. The Hall–Kier alpha value is -3.41. The van der Waals surface area contributed by atoms with Gasteiger partial charge in [-0.05, 0) is 31.5 Å². The summed E-state index contributed by atoms with van der Waals surface area (Å²) in [6, 6.07) is 17.2. The minimum absolute atomic E-state index is 0.147. The molecule has 2 atom stereocenters. The Morgan fingerprint density at radius 1 is 1.16 bits per heavy atom. The van der Waals surface area contributed by atoms with Crippen molar-refractivity contribution in [2.45, 2.75) is 44.2 Å². The predicted octanol–water partition coefficient (Wildman–Crippen LogP) is 4.26. The van der Waals surface area contributed by atoms with Crippen molar-refractivity contribution in [2.24, 2.45) is 0 Å². The number of nitrogens with one attached hydrogen (secondary N) is 1. The van der Waals surface area contributed by atoms with Crippen molar-refractivity contribution in [1.82, 2.24) is 15.2 Å². The number of hydrogen-bond acceptors (Lipinski definition) is 4. The van der Waals surface area contributed by atoms with Gasteiger partial charge in [0.25, 0.3) is 5.91 Å². The molecule has 1 saturated heterocycles.